The van der Waals surface area contributed by atoms with Crippen molar-refractivity contribution in [2.75, 3.05) is 0 Å². The molecule has 2 atom stereocenters. The van der Waals surface area contributed by atoms with Gasteiger partial charge < -0.3 is 19.6 Å². The SMILES string of the molecule is O=C(C[C@@H]1C[C@H](O)c2cc(Cl)ccc2O1)NC12CC(c3nnc([C@H]4C[C@@H](OC(F)(F)F)C4)o3)(C1)C2. The zero-order valence-corrected chi connectivity index (χ0v) is 19.2. The van der Waals surface area contributed by atoms with E-state index in [2.05, 4.69) is 20.3 Å². The lowest BCUT2D eigenvalue weighted by Gasteiger charge is -2.68. The van der Waals surface area contributed by atoms with E-state index >= 15 is 0 Å². The predicted molar refractivity (Wildman–Crippen MR) is 114 cm³/mol. The fourth-order valence-electron chi connectivity index (χ4n) is 5.98. The first-order valence-corrected chi connectivity index (χ1v) is 11.9. The number of halogens is 4. The zero-order chi connectivity index (χ0) is 24.6. The summed E-state index contributed by atoms with van der Waals surface area (Å²) in [6.07, 6.45) is -3.84. The molecule has 35 heavy (non-hydrogen) atoms. The van der Waals surface area contributed by atoms with Crippen LogP contribution in [0.25, 0.3) is 0 Å². The van der Waals surface area contributed by atoms with Crippen LogP contribution in [0, 0.1) is 0 Å². The molecule has 0 spiro atoms. The number of hydrogen-bond donors (Lipinski definition) is 2. The van der Waals surface area contributed by atoms with Gasteiger partial charge in [0.05, 0.1) is 24.0 Å². The van der Waals surface area contributed by atoms with Gasteiger partial charge in [0.15, 0.2) is 0 Å². The highest BCUT2D eigenvalue weighted by atomic mass is 35.5. The molecule has 0 unspecified atom stereocenters. The second kappa shape index (κ2) is 7.81. The third kappa shape index (κ3) is 4.17. The number of alkyl halides is 3. The molecule has 8 nitrogen and oxygen atoms in total. The normalized spacial score (nSPS) is 35.1. The van der Waals surface area contributed by atoms with Crippen molar-refractivity contribution in [3.63, 3.8) is 0 Å². The number of nitrogens with zero attached hydrogens (tertiary/aromatic N) is 2. The number of fused-ring (bicyclic) bond motifs is 1. The average molecular weight is 514 g/mol. The average Bonchev–Trinajstić information content (AvgIpc) is 3.15. The van der Waals surface area contributed by atoms with Crippen LogP contribution in [0.15, 0.2) is 22.6 Å². The summed E-state index contributed by atoms with van der Waals surface area (Å²) in [6.45, 7) is 0. The molecule has 4 saturated carbocycles. The van der Waals surface area contributed by atoms with Gasteiger partial charge in [-0.2, -0.15) is 0 Å². The molecule has 1 aliphatic heterocycles. The van der Waals surface area contributed by atoms with Crippen LogP contribution >= 0.6 is 11.6 Å². The van der Waals surface area contributed by atoms with Gasteiger partial charge in [0.2, 0.25) is 17.7 Å². The number of aliphatic hydroxyl groups is 1. The van der Waals surface area contributed by atoms with Crippen LogP contribution in [-0.4, -0.2) is 45.3 Å². The molecule has 2 bridgehead atoms. The van der Waals surface area contributed by atoms with Crippen LogP contribution in [0.5, 0.6) is 5.75 Å². The van der Waals surface area contributed by atoms with Crippen molar-refractivity contribution in [1.82, 2.24) is 15.5 Å². The Kier molecular flexibility index (Phi) is 5.15. The van der Waals surface area contributed by atoms with Gasteiger partial charge in [-0.3, -0.25) is 9.53 Å². The van der Waals surface area contributed by atoms with Gasteiger partial charge >= 0.3 is 6.36 Å². The Morgan fingerprint density at radius 1 is 1.23 bits per heavy atom. The van der Waals surface area contributed by atoms with E-state index in [-0.39, 0.29) is 42.0 Å². The molecule has 4 fully saturated rings. The lowest BCUT2D eigenvalue weighted by Crippen LogP contribution is -2.77. The second-order valence-corrected chi connectivity index (χ2v) is 10.8. The van der Waals surface area contributed by atoms with E-state index in [0.29, 0.717) is 53.8 Å². The highest BCUT2D eigenvalue weighted by molar-refractivity contribution is 6.30. The molecule has 7 rings (SSSR count). The molecular weight excluding hydrogens is 491 g/mol. The van der Waals surface area contributed by atoms with E-state index in [0.717, 1.165) is 0 Å². The lowest BCUT2D eigenvalue weighted by molar-refractivity contribution is -0.352. The van der Waals surface area contributed by atoms with E-state index in [4.69, 9.17) is 20.8 Å². The Bertz CT molecular complexity index is 1150. The quantitative estimate of drug-likeness (QED) is 0.599. The number of hydrogen-bond acceptors (Lipinski definition) is 7. The number of aliphatic hydroxyl groups excluding tert-OH is 1. The minimum absolute atomic E-state index is 0.126. The number of rotatable bonds is 6. The third-order valence-electron chi connectivity index (χ3n) is 7.60. The Balaban J connectivity index is 0.991. The topological polar surface area (TPSA) is 107 Å². The first kappa shape index (κ1) is 23.1. The van der Waals surface area contributed by atoms with Gasteiger partial charge in [0.25, 0.3) is 0 Å². The van der Waals surface area contributed by atoms with E-state index in [1.165, 1.54) is 0 Å². The molecule has 2 N–H and O–H groups in total. The number of nitrogens with one attached hydrogen (secondary N) is 1. The maximum atomic E-state index is 12.7. The summed E-state index contributed by atoms with van der Waals surface area (Å²) in [5, 5.41) is 22.2. The minimum Gasteiger partial charge on any atom is -0.489 e. The summed E-state index contributed by atoms with van der Waals surface area (Å²) >= 11 is 5.98. The van der Waals surface area contributed by atoms with Crippen LogP contribution in [0.2, 0.25) is 5.02 Å². The summed E-state index contributed by atoms with van der Waals surface area (Å²) in [4.78, 5) is 12.7. The van der Waals surface area contributed by atoms with Crippen LogP contribution in [0.1, 0.15) is 74.3 Å². The second-order valence-electron chi connectivity index (χ2n) is 10.3. The standard InChI is InChI=1S/C23H23ClF3N3O5/c24-12-1-2-17-15(5-12)16(31)6-13(33-17)7-18(32)28-22-8-21(9-22,10-22)20-30-29-19(34-20)11-3-14(4-11)35-23(25,26)27/h1-2,5,11,13-14,16,31H,3-4,6-10H2,(H,28,32)/t11-,13-,14+,16-,21?,22?/m0/s1. The molecule has 0 saturated heterocycles. The molecule has 2 aromatic rings. The zero-order valence-electron chi connectivity index (χ0n) is 18.5. The van der Waals surface area contributed by atoms with Gasteiger partial charge in [-0.1, -0.05) is 11.6 Å². The van der Waals surface area contributed by atoms with Crippen molar-refractivity contribution >= 4 is 17.5 Å². The van der Waals surface area contributed by atoms with Gasteiger partial charge in [-0.05, 0) is 50.3 Å². The number of carbonyl (C=O) groups is 1. The monoisotopic (exact) mass is 513 g/mol. The van der Waals surface area contributed by atoms with Crippen molar-refractivity contribution < 1.29 is 37.0 Å². The van der Waals surface area contributed by atoms with Gasteiger partial charge in [0, 0.05) is 28.5 Å². The summed E-state index contributed by atoms with van der Waals surface area (Å²) in [5.74, 6) is 0.989. The number of amides is 1. The fraction of sp³-hybridized carbons (Fsp3) is 0.609. The molecular formula is C23H23ClF3N3O5. The maximum absolute atomic E-state index is 12.7. The number of benzene rings is 1. The molecule has 4 aliphatic carbocycles. The van der Waals surface area contributed by atoms with E-state index in [1.807, 2.05) is 0 Å². The Hall–Kier alpha value is -2.37. The minimum atomic E-state index is -4.64. The van der Waals surface area contributed by atoms with Crippen molar-refractivity contribution in [1.29, 1.82) is 0 Å². The number of aromatic nitrogens is 2. The first-order chi connectivity index (χ1) is 16.5. The van der Waals surface area contributed by atoms with Crippen molar-refractivity contribution in [3.8, 4) is 5.75 Å². The molecule has 188 valence electrons. The molecule has 12 heteroatoms. The van der Waals surface area contributed by atoms with Gasteiger partial charge in [0.1, 0.15) is 11.9 Å². The largest absolute Gasteiger partial charge is 0.522 e. The van der Waals surface area contributed by atoms with Gasteiger partial charge in [-0.15, -0.1) is 23.4 Å². The summed E-state index contributed by atoms with van der Waals surface area (Å²) in [5.41, 5.74) is 0.0339. The van der Waals surface area contributed by atoms with Crippen molar-refractivity contribution in [2.24, 2.45) is 0 Å². The van der Waals surface area contributed by atoms with Crippen LogP contribution < -0.4 is 10.1 Å². The molecule has 1 aromatic carbocycles. The van der Waals surface area contributed by atoms with Crippen molar-refractivity contribution in [2.45, 2.75) is 86.5 Å². The highest BCUT2D eigenvalue weighted by Gasteiger charge is 2.72. The molecule has 1 amide bonds. The summed E-state index contributed by atoms with van der Waals surface area (Å²) in [7, 11) is 0. The van der Waals surface area contributed by atoms with Crippen LogP contribution in [0.3, 0.4) is 0 Å². The van der Waals surface area contributed by atoms with E-state index < -0.39 is 24.7 Å². The fourth-order valence-corrected chi connectivity index (χ4v) is 6.16. The highest BCUT2D eigenvalue weighted by Crippen LogP contribution is 2.67. The maximum Gasteiger partial charge on any atom is 0.522 e. The van der Waals surface area contributed by atoms with Crippen molar-refractivity contribution in [3.05, 3.63) is 40.6 Å². The Morgan fingerprint density at radius 2 is 1.97 bits per heavy atom. The third-order valence-corrected chi connectivity index (χ3v) is 7.83. The van der Waals surface area contributed by atoms with Crippen LogP contribution in [0.4, 0.5) is 13.2 Å². The smallest absolute Gasteiger partial charge is 0.489 e. The van der Waals surface area contributed by atoms with Crippen LogP contribution in [-0.2, 0) is 14.9 Å². The molecule has 2 heterocycles. The van der Waals surface area contributed by atoms with E-state index in [1.54, 1.807) is 18.2 Å². The Labute approximate surface area is 203 Å². The number of carbonyl (C=O) groups excluding carboxylic acids is 1. The lowest BCUT2D eigenvalue weighted by atomic mass is 9.39. The van der Waals surface area contributed by atoms with E-state index in [9.17, 15) is 23.1 Å². The predicted octanol–water partition coefficient (Wildman–Crippen LogP) is 4.07. The summed E-state index contributed by atoms with van der Waals surface area (Å²) < 4.78 is 52.6. The Morgan fingerprint density at radius 3 is 2.69 bits per heavy atom. The molecule has 1 aromatic heterocycles. The molecule has 0 radical (unpaired) electrons. The number of ether oxygens (including phenoxy) is 2. The first-order valence-electron chi connectivity index (χ1n) is 11.6. The summed E-state index contributed by atoms with van der Waals surface area (Å²) in [6, 6.07) is 5.04. The molecule has 5 aliphatic rings. The van der Waals surface area contributed by atoms with Gasteiger partial charge in [-0.25, -0.2) is 0 Å².